The Morgan fingerprint density at radius 2 is 1.96 bits per heavy atom. The minimum absolute atomic E-state index is 0.0554. The molecule has 1 heterocycles. The van der Waals surface area contributed by atoms with Gasteiger partial charge in [0.05, 0.1) is 17.5 Å². The average Bonchev–Trinajstić information content (AvgIpc) is 2.98. The molecule has 7 heteroatoms. The standard InChI is InChI=1S/C21H31N3O3S/c1-6-7-8-19-11-13-20(14-12-19)27-16(3)10-9-15(2)24-28(25,26)21-17(4)22-23-18(21)5/h11-14,16,24H,2,6-10H2,1,3-5H3,(H,22,23). The number of aryl methyl sites for hydroxylation is 3. The first kappa shape index (κ1) is 22.0. The molecule has 1 atom stereocenters. The van der Waals surface area contributed by atoms with Crippen molar-refractivity contribution in [3.63, 3.8) is 0 Å². The maximum Gasteiger partial charge on any atom is 0.265 e. The number of aromatic amines is 1. The topological polar surface area (TPSA) is 84.1 Å². The van der Waals surface area contributed by atoms with Crippen molar-refractivity contribution in [3.05, 3.63) is 53.5 Å². The molecule has 1 aromatic carbocycles. The van der Waals surface area contributed by atoms with Crippen LogP contribution in [0.2, 0.25) is 0 Å². The lowest BCUT2D eigenvalue weighted by atomic mass is 10.1. The Bertz CT molecular complexity index is 867. The molecule has 0 saturated heterocycles. The van der Waals surface area contributed by atoms with E-state index in [1.54, 1.807) is 13.8 Å². The fourth-order valence-electron chi connectivity index (χ4n) is 3.01. The molecular weight excluding hydrogens is 374 g/mol. The first-order valence-corrected chi connectivity index (χ1v) is 11.2. The van der Waals surface area contributed by atoms with Gasteiger partial charge in [-0.25, -0.2) is 8.42 Å². The molecule has 0 saturated carbocycles. The maximum absolute atomic E-state index is 12.5. The summed E-state index contributed by atoms with van der Waals surface area (Å²) in [6.45, 7) is 11.3. The minimum Gasteiger partial charge on any atom is -0.491 e. The fourth-order valence-corrected chi connectivity index (χ4v) is 4.48. The summed E-state index contributed by atoms with van der Waals surface area (Å²) in [7, 11) is -3.68. The summed E-state index contributed by atoms with van der Waals surface area (Å²) in [6.07, 6.45) is 4.55. The Hall–Kier alpha value is -2.28. The van der Waals surface area contributed by atoms with Crippen molar-refractivity contribution in [3.8, 4) is 5.75 Å². The number of nitrogens with one attached hydrogen (secondary N) is 2. The molecule has 0 bridgehead atoms. The highest BCUT2D eigenvalue weighted by molar-refractivity contribution is 7.89. The van der Waals surface area contributed by atoms with Gasteiger partial charge in [0.1, 0.15) is 10.6 Å². The maximum atomic E-state index is 12.5. The number of sulfonamides is 1. The van der Waals surface area contributed by atoms with Crippen LogP contribution in [0.3, 0.4) is 0 Å². The van der Waals surface area contributed by atoms with Crippen LogP contribution >= 0.6 is 0 Å². The SMILES string of the molecule is C=C(CCC(C)Oc1ccc(CCCC)cc1)NS(=O)(=O)c1c(C)n[nH]c1C. The van der Waals surface area contributed by atoms with Gasteiger partial charge in [-0.2, -0.15) is 5.10 Å². The van der Waals surface area contributed by atoms with Gasteiger partial charge in [0, 0.05) is 5.70 Å². The van der Waals surface area contributed by atoms with E-state index in [2.05, 4.69) is 40.6 Å². The van der Waals surface area contributed by atoms with Gasteiger partial charge >= 0.3 is 0 Å². The number of hydrogen-bond acceptors (Lipinski definition) is 4. The van der Waals surface area contributed by atoms with Crippen LogP contribution in [0.15, 0.2) is 41.4 Å². The zero-order valence-corrected chi connectivity index (χ0v) is 18.0. The van der Waals surface area contributed by atoms with Crippen LogP contribution in [0.1, 0.15) is 56.5 Å². The summed E-state index contributed by atoms with van der Waals surface area (Å²) in [4.78, 5) is 0.182. The van der Waals surface area contributed by atoms with Crippen molar-refractivity contribution in [2.24, 2.45) is 0 Å². The van der Waals surface area contributed by atoms with E-state index in [0.29, 0.717) is 29.9 Å². The molecule has 0 amide bonds. The van der Waals surface area contributed by atoms with E-state index in [0.717, 1.165) is 12.2 Å². The predicted molar refractivity (Wildman–Crippen MR) is 112 cm³/mol. The van der Waals surface area contributed by atoms with E-state index in [1.165, 1.54) is 18.4 Å². The number of H-pyrrole nitrogens is 1. The summed E-state index contributed by atoms with van der Waals surface area (Å²) >= 11 is 0. The number of nitrogens with zero attached hydrogens (tertiary/aromatic N) is 1. The minimum atomic E-state index is -3.68. The van der Waals surface area contributed by atoms with Crippen LogP contribution in [0.5, 0.6) is 5.75 Å². The Balaban J connectivity index is 1.83. The van der Waals surface area contributed by atoms with Crippen molar-refractivity contribution in [2.75, 3.05) is 0 Å². The van der Waals surface area contributed by atoms with Crippen LogP contribution in [0.4, 0.5) is 0 Å². The third kappa shape index (κ3) is 6.12. The molecular formula is C21H31N3O3S. The number of ether oxygens (including phenoxy) is 1. The van der Waals surface area contributed by atoms with Gasteiger partial charge < -0.3 is 4.74 Å². The molecule has 6 nitrogen and oxygen atoms in total. The number of hydrogen-bond donors (Lipinski definition) is 2. The summed E-state index contributed by atoms with van der Waals surface area (Å²) in [5.74, 6) is 0.823. The van der Waals surface area contributed by atoms with Gasteiger partial charge in [-0.3, -0.25) is 9.82 Å². The first-order valence-electron chi connectivity index (χ1n) is 9.70. The van der Waals surface area contributed by atoms with Crippen molar-refractivity contribution >= 4 is 10.0 Å². The van der Waals surface area contributed by atoms with Gasteiger partial charge in [0.25, 0.3) is 10.0 Å². The molecule has 1 aromatic heterocycles. The Kier molecular flexibility index (Phi) is 7.69. The molecule has 1 unspecified atom stereocenters. The predicted octanol–water partition coefficient (Wildman–Crippen LogP) is 4.41. The first-order chi connectivity index (χ1) is 13.2. The van der Waals surface area contributed by atoms with E-state index in [1.807, 2.05) is 19.1 Å². The average molecular weight is 406 g/mol. The van der Waals surface area contributed by atoms with Crippen LogP contribution in [-0.2, 0) is 16.4 Å². The van der Waals surface area contributed by atoms with Crippen molar-refractivity contribution in [2.45, 2.75) is 70.8 Å². The highest BCUT2D eigenvalue weighted by atomic mass is 32.2. The molecule has 154 valence electrons. The largest absolute Gasteiger partial charge is 0.491 e. The highest BCUT2D eigenvalue weighted by Gasteiger charge is 2.22. The summed E-state index contributed by atoms with van der Waals surface area (Å²) in [6, 6.07) is 8.17. The Morgan fingerprint density at radius 1 is 1.29 bits per heavy atom. The monoisotopic (exact) mass is 405 g/mol. The number of allylic oxidation sites excluding steroid dienone is 1. The van der Waals surface area contributed by atoms with Gasteiger partial charge in [0.15, 0.2) is 0 Å². The van der Waals surface area contributed by atoms with E-state index in [9.17, 15) is 8.42 Å². The molecule has 0 aliphatic rings. The lowest BCUT2D eigenvalue weighted by Gasteiger charge is -2.16. The zero-order valence-electron chi connectivity index (χ0n) is 17.2. The number of benzene rings is 1. The smallest absolute Gasteiger partial charge is 0.265 e. The lowest BCUT2D eigenvalue weighted by Crippen LogP contribution is -2.24. The molecule has 0 aliphatic heterocycles. The quantitative estimate of drug-likeness (QED) is 0.580. The highest BCUT2D eigenvalue weighted by Crippen LogP contribution is 2.20. The Morgan fingerprint density at radius 3 is 2.54 bits per heavy atom. The molecule has 0 aliphatic carbocycles. The van der Waals surface area contributed by atoms with Crippen LogP contribution < -0.4 is 9.46 Å². The normalized spacial score (nSPS) is 12.6. The van der Waals surface area contributed by atoms with Crippen LogP contribution in [-0.4, -0.2) is 24.7 Å². The number of rotatable bonds is 11. The zero-order chi connectivity index (χ0) is 20.7. The van der Waals surface area contributed by atoms with Gasteiger partial charge in [-0.15, -0.1) is 0 Å². The third-order valence-electron chi connectivity index (χ3n) is 4.54. The van der Waals surface area contributed by atoms with E-state index in [4.69, 9.17) is 4.74 Å². The molecule has 28 heavy (non-hydrogen) atoms. The second-order valence-corrected chi connectivity index (χ2v) is 8.81. The Labute approximate surface area is 168 Å². The summed E-state index contributed by atoms with van der Waals surface area (Å²) in [5, 5.41) is 6.63. The van der Waals surface area contributed by atoms with Crippen LogP contribution in [0.25, 0.3) is 0 Å². The third-order valence-corrected chi connectivity index (χ3v) is 6.24. The van der Waals surface area contributed by atoms with Crippen molar-refractivity contribution in [1.29, 1.82) is 0 Å². The molecule has 2 rings (SSSR count). The van der Waals surface area contributed by atoms with Crippen molar-refractivity contribution < 1.29 is 13.2 Å². The number of aromatic nitrogens is 2. The van der Waals surface area contributed by atoms with Crippen molar-refractivity contribution in [1.82, 2.24) is 14.9 Å². The molecule has 2 aromatic rings. The molecule has 0 fully saturated rings. The lowest BCUT2D eigenvalue weighted by molar-refractivity contribution is 0.211. The summed E-state index contributed by atoms with van der Waals surface area (Å²) < 4.78 is 33.5. The molecule has 0 radical (unpaired) electrons. The second kappa shape index (κ2) is 9.78. The fraction of sp³-hybridized carbons (Fsp3) is 0.476. The van der Waals surface area contributed by atoms with Gasteiger partial charge in [0.2, 0.25) is 0 Å². The molecule has 0 spiro atoms. The van der Waals surface area contributed by atoms with Crippen LogP contribution in [0, 0.1) is 13.8 Å². The number of unbranched alkanes of at least 4 members (excludes halogenated alkanes) is 1. The van der Waals surface area contributed by atoms with E-state index in [-0.39, 0.29) is 11.0 Å². The molecule has 2 N–H and O–H groups in total. The second-order valence-electron chi connectivity index (χ2n) is 7.19. The van der Waals surface area contributed by atoms with Gasteiger partial charge in [-0.05, 0) is 64.2 Å². The van der Waals surface area contributed by atoms with Gasteiger partial charge in [-0.1, -0.05) is 32.1 Å². The van der Waals surface area contributed by atoms with E-state index < -0.39 is 10.0 Å². The summed E-state index contributed by atoms with van der Waals surface area (Å²) in [5.41, 5.74) is 2.70. The van der Waals surface area contributed by atoms with E-state index >= 15 is 0 Å².